The van der Waals surface area contributed by atoms with E-state index in [2.05, 4.69) is 10.3 Å². The lowest BCUT2D eigenvalue weighted by Crippen LogP contribution is -2.35. The van der Waals surface area contributed by atoms with E-state index in [9.17, 15) is 14.0 Å². The molecule has 1 aliphatic heterocycles. The minimum Gasteiger partial charge on any atom is -0.497 e. The predicted octanol–water partition coefficient (Wildman–Crippen LogP) is 4.68. The van der Waals surface area contributed by atoms with Crippen molar-refractivity contribution < 1.29 is 23.4 Å². The number of carbonyl (C=O) groups excluding carboxylic acids is 1. The van der Waals surface area contributed by atoms with Gasteiger partial charge in [-0.2, -0.15) is 0 Å². The van der Waals surface area contributed by atoms with Gasteiger partial charge in [0.1, 0.15) is 24.8 Å². The number of rotatable bonds is 6. The number of nitrogens with zero attached hydrogens (tertiary/aromatic N) is 1. The van der Waals surface area contributed by atoms with E-state index in [1.165, 1.54) is 17.0 Å². The number of nitrogens with one attached hydrogen (secondary N) is 2. The average Bonchev–Trinajstić information content (AvgIpc) is 2.89. The Kier molecular flexibility index (Phi) is 6.44. The molecule has 0 atom stereocenters. The van der Waals surface area contributed by atoms with E-state index in [1.807, 2.05) is 6.07 Å². The second-order valence-electron chi connectivity index (χ2n) is 8.35. The third kappa shape index (κ3) is 5.10. The number of aromatic amines is 1. The lowest BCUT2D eigenvalue weighted by Gasteiger charge is -2.24. The summed E-state index contributed by atoms with van der Waals surface area (Å²) in [5.41, 5.74) is 1.98. The predicted molar refractivity (Wildman–Crippen MR) is 133 cm³/mol. The summed E-state index contributed by atoms with van der Waals surface area (Å²) in [6.07, 6.45) is 0. The zero-order chi connectivity index (χ0) is 25.1. The van der Waals surface area contributed by atoms with Crippen LogP contribution in [0.2, 0.25) is 0 Å². The Hall–Kier alpha value is -4.53. The second kappa shape index (κ2) is 9.99. The Morgan fingerprint density at radius 3 is 2.39 bits per heavy atom. The zero-order valence-electron chi connectivity index (χ0n) is 19.5. The van der Waals surface area contributed by atoms with Crippen LogP contribution in [0, 0.1) is 5.82 Å². The van der Waals surface area contributed by atoms with E-state index >= 15 is 0 Å². The van der Waals surface area contributed by atoms with Crippen LogP contribution >= 0.6 is 0 Å². The number of hydrogen-bond donors (Lipinski definition) is 2. The number of aromatic nitrogens is 1. The maximum absolute atomic E-state index is 13.4. The van der Waals surface area contributed by atoms with Gasteiger partial charge in [0.2, 0.25) is 0 Å². The first kappa shape index (κ1) is 23.2. The highest BCUT2D eigenvalue weighted by Crippen LogP contribution is 2.33. The molecule has 184 valence electrons. The highest BCUT2D eigenvalue weighted by Gasteiger charge is 2.19. The maximum Gasteiger partial charge on any atom is 0.322 e. The molecule has 0 bridgehead atoms. The number of fused-ring (bicyclic) bond motifs is 2. The molecule has 1 aliphatic rings. The number of urea groups is 1. The minimum atomic E-state index is -0.411. The van der Waals surface area contributed by atoms with Gasteiger partial charge in [-0.3, -0.25) is 4.79 Å². The monoisotopic (exact) mass is 489 g/mol. The van der Waals surface area contributed by atoms with Crippen LogP contribution in [0.5, 0.6) is 17.2 Å². The van der Waals surface area contributed by atoms with Gasteiger partial charge < -0.3 is 29.4 Å². The van der Waals surface area contributed by atoms with Crippen LogP contribution in [-0.2, 0) is 13.1 Å². The van der Waals surface area contributed by atoms with E-state index in [0.717, 1.165) is 10.9 Å². The van der Waals surface area contributed by atoms with Gasteiger partial charge in [0.15, 0.2) is 11.5 Å². The third-order valence-corrected chi connectivity index (χ3v) is 5.86. The SMILES string of the molecule is COc1ccc(NC(=O)N(Cc2ccc(F)cc2)Cc2cc3cc4c(cc3[nH]c2=O)OCCO4)cc1. The van der Waals surface area contributed by atoms with Crippen molar-refractivity contribution in [1.29, 1.82) is 0 Å². The fraction of sp³-hybridized carbons (Fsp3) is 0.185. The van der Waals surface area contributed by atoms with Crippen molar-refractivity contribution in [1.82, 2.24) is 9.88 Å². The summed E-state index contributed by atoms with van der Waals surface area (Å²) in [6, 6.07) is 17.7. The number of halogens is 1. The van der Waals surface area contributed by atoms with E-state index in [-0.39, 0.29) is 24.5 Å². The van der Waals surface area contributed by atoms with Crippen molar-refractivity contribution in [2.24, 2.45) is 0 Å². The number of pyridine rings is 1. The largest absolute Gasteiger partial charge is 0.497 e. The molecule has 0 fully saturated rings. The summed E-state index contributed by atoms with van der Waals surface area (Å²) in [5.74, 6) is 1.48. The highest BCUT2D eigenvalue weighted by atomic mass is 19.1. The van der Waals surface area contributed by atoms with Gasteiger partial charge in [0.05, 0.1) is 19.2 Å². The number of carbonyl (C=O) groups is 1. The van der Waals surface area contributed by atoms with Crippen LogP contribution in [0.25, 0.3) is 10.9 Å². The highest BCUT2D eigenvalue weighted by molar-refractivity contribution is 5.89. The molecule has 2 heterocycles. The zero-order valence-corrected chi connectivity index (χ0v) is 19.5. The molecule has 3 aromatic carbocycles. The Bertz CT molecular complexity index is 1450. The van der Waals surface area contributed by atoms with Gasteiger partial charge in [-0.1, -0.05) is 12.1 Å². The van der Waals surface area contributed by atoms with Gasteiger partial charge in [0, 0.05) is 29.2 Å². The molecule has 0 saturated heterocycles. The van der Waals surface area contributed by atoms with Crippen LogP contribution in [0.3, 0.4) is 0 Å². The van der Waals surface area contributed by atoms with E-state index in [0.29, 0.717) is 47.2 Å². The van der Waals surface area contributed by atoms with Crippen molar-refractivity contribution in [3.63, 3.8) is 0 Å². The molecule has 0 unspecified atom stereocenters. The number of H-pyrrole nitrogens is 1. The number of benzene rings is 3. The molecule has 0 saturated carbocycles. The fourth-order valence-electron chi connectivity index (χ4n) is 4.00. The summed E-state index contributed by atoms with van der Waals surface area (Å²) in [5, 5.41) is 3.61. The summed E-state index contributed by atoms with van der Waals surface area (Å²) >= 11 is 0. The Morgan fingerprint density at radius 1 is 1.00 bits per heavy atom. The topological polar surface area (TPSA) is 92.9 Å². The van der Waals surface area contributed by atoms with Crippen molar-refractivity contribution in [3.8, 4) is 17.2 Å². The molecule has 0 aliphatic carbocycles. The lowest BCUT2D eigenvalue weighted by molar-refractivity contribution is 0.172. The molecular weight excluding hydrogens is 465 g/mol. The normalized spacial score (nSPS) is 12.3. The van der Waals surface area contributed by atoms with Crippen LogP contribution in [0.1, 0.15) is 11.1 Å². The fourth-order valence-corrected chi connectivity index (χ4v) is 4.00. The third-order valence-electron chi connectivity index (χ3n) is 5.86. The smallest absolute Gasteiger partial charge is 0.322 e. The summed E-state index contributed by atoms with van der Waals surface area (Å²) in [7, 11) is 1.56. The summed E-state index contributed by atoms with van der Waals surface area (Å²) in [4.78, 5) is 30.6. The molecule has 9 heteroatoms. The van der Waals surface area contributed by atoms with Crippen LogP contribution in [0.4, 0.5) is 14.9 Å². The Morgan fingerprint density at radius 2 is 1.69 bits per heavy atom. The van der Waals surface area contributed by atoms with Crippen molar-refractivity contribution in [2.45, 2.75) is 13.1 Å². The first-order valence-corrected chi connectivity index (χ1v) is 11.4. The van der Waals surface area contributed by atoms with Gasteiger partial charge in [-0.15, -0.1) is 0 Å². The number of methoxy groups -OCH3 is 1. The van der Waals surface area contributed by atoms with E-state index in [4.69, 9.17) is 14.2 Å². The Balaban J connectivity index is 1.44. The van der Waals surface area contributed by atoms with Crippen molar-refractivity contribution in [3.05, 3.63) is 94.0 Å². The molecule has 8 nitrogen and oxygen atoms in total. The number of ether oxygens (including phenoxy) is 3. The molecule has 2 amide bonds. The standard InChI is InChI=1S/C27H24FN3O5/c1-34-22-8-6-21(7-9-22)29-27(33)31(15-17-2-4-20(28)5-3-17)16-19-12-18-13-24-25(36-11-10-35-24)14-23(18)30-26(19)32/h2-9,12-14H,10-11,15-16H2,1H3,(H,29,33)(H,30,32). The van der Waals surface area contributed by atoms with Gasteiger partial charge in [-0.05, 0) is 54.1 Å². The van der Waals surface area contributed by atoms with Gasteiger partial charge >= 0.3 is 6.03 Å². The van der Waals surface area contributed by atoms with Crippen molar-refractivity contribution >= 4 is 22.6 Å². The summed E-state index contributed by atoms with van der Waals surface area (Å²) < 4.78 is 29.9. The van der Waals surface area contributed by atoms with Crippen LogP contribution < -0.4 is 25.1 Å². The van der Waals surface area contributed by atoms with Gasteiger partial charge in [-0.25, -0.2) is 9.18 Å². The van der Waals surface area contributed by atoms with E-state index < -0.39 is 6.03 Å². The van der Waals surface area contributed by atoms with E-state index in [1.54, 1.807) is 55.6 Å². The molecule has 2 N–H and O–H groups in total. The second-order valence-corrected chi connectivity index (χ2v) is 8.35. The summed E-state index contributed by atoms with van der Waals surface area (Å²) in [6.45, 7) is 1.09. The molecule has 5 rings (SSSR count). The number of anilines is 1. The maximum atomic E-state index is 13.4. The van der Waals surface area contributed by atoms with Crippen LogP contribution in [0.15, 0.2) is 71.5 Å². The lowest BCUT2D eigenvalue weighted by atomic mass is 10.1. The first-order valence-electron chi connectivity index (χ1n) is 11.4. The number of hydrogen-bond acceptors (Lipinski definition) is 5. The molecule has 36 heavy (non-hydrogen) atoms. The van der Waals surface area contributed by atoms with Crippen LogP contribution in [-0.4, -0.2) is 36.2 Å². The molecule has 1 aromatic heterocycles. The molecule has 4 aromatic rings. The molecule has 0 spiro atoms. The number of amides is 2. The average molecular weight is 490 g/mol. The molecular formula is C27H24FN3O5. The minimum absolute atomic E-state index is 0.0269. The molecule has 0 radical (unpaired) electrons. The first-order chi connectivity index (χ1) is 17.5. The Labute approximate surface area is 206 Å². The van der Waals surface area contributed by atoms with Crippen molar-refractivity contribution in [2.75, 3.05) is 25.6 Å². The van der Waals surface area contributed by atoms with Gasteiger partial charge in [0.25, 0.3) is 5.56 Å². The quantitative estimate of drug-likeness (QED) is 0.410.